The molecule has 1 saturated carbocycles. The van der Waals surface area contributed by atoms with Gasteiger partial charge in [-0.1, -0.05) is 23.7 Å². The number of imidazole rings is 1. The van der Waals surface area contributed by atoms with Crippen molar-refractivity contribution in [3.8, 4) is 11.3 Å². The highest BCUT2D eigenvalue weighted by Crippen LogP contribution is 2.39. The third kappa shape index (κ3) is 2.08. The third-order valence-electron chi connectivity index (χ3n) is 3.08. The molecule has 0 saturated heterocycles. The van der Waals surface area contributed by atoms with E-state index in [2.05, 4.69) is 9.97 Å². The molecule has 3 nitrogen and oxygen atoms in total. The number of nitrogens with zero attached hydrogens (tertiary/aromatic N) is 1. The van der Waals surface area contributed by atoms with Gasteiger partial charge in [-0.25, -0.2) is 4.98 Å². The number of aromatic nitrogens is 2. The van der Waals surface area contributed by atoms with Crippen LogP contribution in [0.3, 0.4) is 0 Å². The number of hydrogen-bond acceptors (Lipinski definition) is 2. The number of benzene rings is 1. The zero-order valence-electron chi connectivity index (χ0n) is 9.41. The normalized spacial score (nSPS) is 15.2. The fourth-order valence-electron chi connectivity index (χ4n) is 1.97. The van der Waals surface area contributed by atoms with E-state index in [0.29, 0.717) is 12.5 Å². The molecule has 4 heteroatoms. The molecule has 0 bridgehead atoms. The maximum absolute atomic E-state index is 5.89. The topological polar surface area (TPSA) is 54.7 Å². The van der Waals surface area contributed by atoms with Gasteiger partial charge < -0.3 is 10.7 Å². The van der Waals surface area contributed by atoms with Gasteiger partial charge in [-0.2, -0.15) is 0 Å². The maximum atomic E-state index is 5.89. The van der Waals surface area contributed by atoms with Crippen LogP contribution in [0.15, 0.2) is 24.3 Å². The molecule has 0 amide bonds. The molecule has 0 aliphatic heterocycles. The maximum Gasteiger partial charge on any atom is 0.110 e. The first-order chi connectivity index (χ1) is 8.28. The van der Waals surface area contributed by atoms with Gasteiger partial charge in [0.25, 0.3) is 0 Å². The lowest BCUT2D eigenvalue weighted by atomic mass is 10.1. The summed E-state index contributed by atoms with van der Waals surface area (Å²) in [7, 11) is 0. The quantitative estimate of drug-likeness (QED) is 0.876. The van der Waals surface area contributed by atoms with Crippen LogP contribution in [0.5, 0.6) is 0 Å². The summed E-state index contributed by atoms with van der Waals surface area (Å²) in [6, 6.07) is 7.72. The molecule has 1 fully saturated rings. The monoisotopic (exact) mass is 247 g/mol. The molecule has 0 spiro atoms. The van der Waals surface area contributed by atoms with Gasteiger partial charge in [0.1, 0.15) is 5.82 Å². The molecule has 3 N–H and O–H groups in total. The van der Waals surface area contributed by atoms with E-state index >= 15 is 0 Å². The van der Waals surface area contributed by atoms with Crippen LogP contribution in [0.25, 0.3) is 11.3 Å². The standard InChI is InChI=1S/C13H14ClN3/c14-10-5-3-8(4-6-10)12-11(7-15)16-13(17-12)9-1-2-9/h3-6,9H,1-2,7,15H2,(H,16,17). The summed E-state index contributed by atoms with van der Waals surface area (Å²) in [6.07, 6.45) is 2.47. The zero-order valence-corrected chi connectivity index (χ0v) is 10.2. The van der Waals surface area contributed by atoms with Crippen molar-refractivity contribution >= 4 is 11.6 Å². The number of aromatic amines is 1. The van der Waals surface area contributed by atoms with Gasteiger partial charge in [-0.15, -0.1) is 0 Å². The number of halogens is 1. The van der Waals surface area contributed by atoms with Gasteiger partial charge in [0.2, 0.25) is 0 Å². The smallest absolute Gasteiger partial charge is 0.110 e. The predicted octanol–water partition coefficient (Wildman–Crippen LogP) is 3.07. The van der Waals surface area contributed by atoms with E-state index in [-0.39, 0.29) is 0 Å². The average molecular weight is 248 g/mol. The SMILES string of the molecule is NCc1[nH]c(C2CC2)nc1-c1ccc(Cl)cc1. The Labute approximate surface area is 105 Å². The number of H-pyrrole nitrogens is 1. The van der Waals surface area contributed by atoms with Gasteiger partial charge in [0.15, 0.2) is 0 Å². The Kier molecular flexibility index (Phi) is 2.65. The molecule has 0 unspecified atom stereocenters. The molecule has 1 aliphatic carbocycles. The van der Waals surface area contributed by atoms with E-state index < -0.39 is 0 Å². The highest BCUT2D eigenvalue weighted by atomic mass is 35.5. The Morgan fingerprint density at radius 2 is 2.00 bits per heavy atom. The predicted molar refractivity (Wildman–Crippen MR) is 68.9 cm³/mol. The third-order valence-corrected chi connectivity index (χ3v) is 3.33. The van der Waals surface area contributed by atoms with E-state index in [4.69, 9.17) is 17.3 Å². The van der Waals surface area contributed by atoms with Crippen LogP contribution >= 0.6 is 11.6 Å². The summed E-state index contributed by atoms with van der Waals surface area (Å²) < 4.78 is 0. The Balaban J connectivity index is 2.02. The second-order valence-corrected chi connectivity index (χ2v) is 4.87. The van der Waals surface area contributed by atoms with Crippen LogP contribution in [0.1, 0.15) is 30.3 Å². The fourth-order valence-corrected chi connectivity index (χ4v) is 2.10. The van der Waals surface area contributed by atoms with Crippen molar-refractivity contribution in [2.24, 2.45) is 5.73 Å². The largest absolute Gasteiger partial charge is 0.344 e. The zero-order chi connectivity index (χ0) is 11.8. The molecule has 1 aromatic carbocycles. The molecule has 1 aliphatic rings. The van der Waals surface area contributed by atoms with Gasteiger partial charge in [-0.3, -0.25) is 0 Å². The summed E-state index contributed by atoms with van der Waals surface area (Å²) in [5.41, 5.74) is 8.79. The Morgan fingerprint density at radius 3 is 2.59 bits per heavy atom. The lowest BCUT2D eigenvalue weighted by Crippen LogP contribution is -1.98. The van der Waals surface area contributed by atoms with E-state index in [1.54, 1.807) is 0 Å². The van der Waals surface area contributed by atoms with Crippen molar-refractivity contribution < 1.29 is 0 Å². The van der Waals surface area contributed by atoms with Crippen molar-refractivity contribution in [1.29, 1.82) is 0 Å². The van der Waals surface area contributed by atoms with Crippen LogP contribution in [0.2, 0.25) is 5.02 Å². The average Bonchev–Trinajstić information content (AvgIpc) is 3.10. The summed E-state index contributed by atoms with van der Waals surface area (Å²) in [4.78, 5) is 8.00. The highest BCUT2D eigenvalue weighted by molar-refractivity contribution is 6.30. The second kappa shape index (κ2) is 4.17. The van der Waals surface area contributed by atoms with E-state index in [1.165, 1.54) is 12.8 Å². The lowest BCUT2D eigenvalue weighted by Gasteiger charge is -2.00. The Bertz CT molecular complexity index is 526. The van der Waals surface area contributed by atoms with Gasteiger partial charge >= 0.3 is 0 Å². The number of nitrogens with two attached hydrogens (primary N) is 1. The van der Waals surface area contributed by atoms with Crippen molar-refractivity contribution in [1.82, 2.24) is 9.97 Å². The first-order valence-corrected chi connectivity index (χ1v) is 6.20. The first-order valence-electron chi connectivity index (χ1n) is 5.82. The van der Waals surface area contributed by atoms with Gasteiger partial charge in [0, 0.05) is 23.0 Å². The minimum absolute atomic E-state index is 0.484. The summed E-state index contributed by atoms with van der Waals surface area (Å²) >= 11 is 5.89. The van der Waals surface area contributed by atoms with Crippen LogP contribution in [-0.4, -0.2) is 9.97 Å². The second-order valence-electron chi connectivity index (χ2n) is 4.43. The first kappa shape index (κ1) is 10.8. The molecular formula is C13H14ClN3. The van der Waals surface area contributed by atoms with Crippen molar-refractivity contribution in [3.05, 3.63) is 40.8 Å². The summed E-state index contributed by atoms with van der Waals surface area (Å²) in [6.45, 7) is 0.484. The van der Waals surface area contributed by atoms with Crippen LogP contribution < -0.4 is 5.73 Å². The van der Waals surface area contributed by atoms with Crippen LogP contribution in [0, 0.1) is 0 Å². The minimum Gasteiger partial charge on any atom is -0.344 e. The van der Waals surface area contributed by atoms with Gasteiger partial charge in [0.05, 0.1) is 11.4 Å². The van der Waals surface area contributed by atoms with Crippen molar-refractivity contribution in [2.45, 2.75) is 25.3 Å². The van der Waals surface area contributed by atoms with E-state index in [0.717, 1.165) is 27.8 Å². The van der Waals surface area contributed by atoms with Crippen LogP contribution in [0.4, 0.5) is 0 Å². The highest BCUT2D eigenvalue weighted by Gasteiger charge is 2.27. The lowest BCUT2D eigenvalue weighted by molar-refractivity contribution is 0.940. The number of rotatable bonds is 3. The van der Waals surface area contributed by atoms with Crippen LogP contribution in [-0.2, 0) is 6.54 Å². The van der Waals surface area contributed by atoms with E-state index in [1.807, 2.05) is 24.3 Å². The molecule has 1 heterocycles. The van der Waals surface area contributed by atoms with Gasteiger partial charge in [-0.05, 0) is 25.0 Å². The van der Waals surface area contributed by atoms with E-state index in [9.17, 15) is 0 Å². The minimum atomic E-state index is 0.484. The molecule has 17 heavy (non-hydrogen) atoms. The van der Waals surface area contributed by atoms with Crippen molar-refractivity contribution in [2.75, 3.05) is 0 Å². The number of nitrogens with one attached hydrogen (secondary N) is 1. The fraction of sp³-hybridized carbons (Fsp3) is 0.308. The molecule has 2 aromatic rings. The summed E-state index contributed by atoms with van der Waals surface area (Å²) in [5.74, 6) is 1.69. The molecule has 1 aromatic heterocycles. The molecule has 0 atom stereocenters. The Morgan fingerprint density at radius 1 is 1.29 bits per heavy atom. The number of hydrogen-bond donors (Lipinski definition) is 2. The van der Waals surface area contributed by atoms with Crippen molar-refractivity contribution in [3.63, 3.8) is 0 Å². The summed E-state index contributed by atoms with van der Waals surface area (Å²) in [5, 5.41) is 0.737. The Hall–Kier alpha value is -1.32. The molecule has 3 rings (SSSR count). The molecular weight excluding hydrogens is 234 g/mol. The molecule has 88 valence electrons. The molecule has 0 radical (unpaired) electrons.